The Bertz CT molecular complexity index is 1260. The van der Waals surface area contributed by atoms with Crippen LogP contribution in [0.15, 0.2) is 71.6 Å². The van der Waals surface area contributed by atoms with Crippen LogP contribution in [0.5, 0.6) is 0 Å². The molecule has 0 saturated carbocycles. The summed E-state index contributed by atoms with van der Waals surface area (Å²) in [5, 5.41) is 1.72. The van der Waals surface area contributed by atoms with E-state index in [0.717, 1.165) is 33.3 Å². The largest absolute Gasteiger partial charge is 0.355 e. The Morgan fingerprint density at radius 1 is 0.857 bits per heavy atom. The number of H-pyrrole nitrogens is 1. The Kier molecular flexibility index (Phi) is 4.65. The van der Waals surface area contributed by atoms with Crippen molar-refractivity contribution in [2.75, 3.05) is 4.72 Å². The lowest BCUT2D eigenvalue weighted by atomic mass is 10.1. The molecular weight excluding hydrogens is 392 g/mol. The van der Waals surface area contributed by atoms with Crippen LogP contribution < -0.4 is 4.72 Å². The van der Waals surface area contributed by atoms with Gasteiger partial charge in [0, 0.05) is 27.3 Å². The zero-order valence-corrected chi connectivity index (χ0v) is 17.0. The first-order chi connectivity index (χ1) is 13.3. The van der Waals surface area contributed by atoms with Crippen molar-refractivity contribution in [1.82, 2.24) is 4.98 Å². The molecule has 0 unspecified atom stereocenters. The summed E-state index contributed by atoms with van der Waals surface area (Å²) in [6.07, 6.45) is 0. The fourth-order valence-corrected chi connectivity index (χ4v) is 4.71. The highest BCUT2D eigenvalue weighted by molar-refractivity contribution is 7.92. The lowest BCUT2D eigenvalue weighted by molar-refractivity contribution is 0.601. The van der Waals surface area contributed by atoms with Crippen LogP contribution in [0.2, 0.25) is 5.02 Å². The highest BCUT2D eigenvalue weighted by atomic mass is 35.5. The van der Waals surface area contributed by atoms with Gasteiger partial charge in [0.1, 0.15) is 0 Å². The van der Waals surface area contributed by atoms with Gasteiger partial charge < -0.3 is 4.98 Å². The molecule has 6 heteroatoms. The quantitative estimate of drug-likeness (QED) is 0.439. The van der Waals surface area contributed by atoms with Gasteiger partial charge in [0.25, 0.3) is 10.0 Å². The standard InChI is InChI=1S/C22H19ClN2O2S/c1-14-9-15(2)11-20(10-14)28(26,27)25-19-6-3-16(4-7-19)22-13-17-12-18(23)5-8-21(17)24-22/h3-13,24-25H,1-2H3. The highest BCUT2D eigenvalue weighted by Gasteiger charge is 2.15. The highest BCUT2D eigenvalue weighted by Crippen LogP contribution is 2.27. The van der Waals surface area contributed by atoms with Crippen molar-refractivity contribution in [3.05, 3.63) is 82.9 Å². The maximum absolute atomic E-state index is 12.7. The number of benzene rings is 3. The van der Waals surface area contributed by atoms with Crippen molar-refractivity contribution in [2.24, 2.45) is 0 Å². The van der Waals surface area contributed by atoms with Gasteiger partial charge in [-0.2, -0.15) is 0 Å². The van der Waals surface area contributed by atoms with E-state index in [1.807, 2.05) is 56.3 Å². The molecule has 0 spiro atoms. The molecule has 0 aliphatic carbocycles. The first kappa shape index (κ1) is 18.6. The third kappa shape index (κ3) is 3.77. The van der Waals surface area contributed by atoms with Crippen molar-refractivity contribution in [3.8, 4) is 11.3 Å². The van der Waals surface area contributed by atoms with E-state index in [0.29, 0.717) is 10.7 Å². The molecule has 4 nitrogen and oxygen atoms in total. The molecule has 2 N–H and O–H groups in total. The molecule has 0 radical (unpaired) electrons. The van der Waals surface area contributed by atoms with Gasteiger partial charge in [0.15, 0.2) is 0 Å². The minimum atomic E-state index is -3.63. The molecule has 3 aromatic carbocycles. The summed E-state index contributed by atoms with van der Waals surface area (Å²) < 4.78 is 28.0. The van der Waals surface area contributed by atoms with E-state index in [9.17, 15) is 8.42 Å². The number of hydrogen-bond acceptors (Lipinski definition) is 2. The van der Waals surface area contributed by atoms with Crippen LogP contribution in [-0.2, 0) is 10.0 Å². The number of fused-ring (bicyclic) bond motifs is 1. The summed E-state index contributed by atoms with van der Waals surface area (Å²) in [6.45, 7) is 3.77. The number of nitrogens with one attached hydrogen (secondary N) is 2. The maximum Gasteiger partial charge on any atom is 0.261 e. The molecule has 0 bridgehead atoms. The molecule has 142 valence electrons. The van der Waals surface area contributed by atoms with E-state index in [1.165, 1.54) is 0 Å². The van der Waals surface area contributed by atoms with Crippen LogP contribution in [-0.4, -0.2) is 13.4 Å². The number of hydrogen-bond donors (Lipinski definition) is 2. The van der Waals surface area contributed by atoms with E-state index >= 15 is 0 Å². The Morgan fingerprint density at radius 2 is 1.54 bits per heavy atom. The first-order valence-corrected chi connectivity index (χ1v) is 10.7. The predicted molar refractivity (Wildman–Crippen MR) is 115 cm³/mol. The Hall–Kier alpha value is -2.76. The molecule has 4 rings (SSSR count). The van der Waals surface area contributed by atoms with Gasteiger partial charge in [-0.05, 0) is 79.1 Å². The van der Waals surface area contributed by atoms with Crippen LogP contribution in [0.4, 0.5) is 5.69 Å². The smallest absolute Gasteiger partial charge is 0.261 e. The van der Waals surface area contributed by atoms with Crippen molar-refractivity contribution >= 4 is 38.2 Å². The third-order valence-corrected chi connectivity index (χ3v) is 6.13. The molecule has 0 aliphatic rings. The Labute approximate surface area is 169 Å². The Balaban J connectivity index is 1.60. The molecule has 0 atom stereocenters. The first-order valence-electron chi connectivity index (χ1n) is 8.80. The van der Waals surface area contributed by atoms with E-state index in [4.69, 9.17) is 11.6 Å². The molecule has 1 heterocycles. The van der Waals surface area contributed by atoms with Gasteiger partial charge in [0.05, 0.1) is 4.90 Å². The minimum absolute atomic E-state index is 0.265. The van der Waals surface area contributed by atoms with E-state index < -0.39 is 10.0 Å². The number of aromatic amines is 1. The zero-order chi connectivity index (χ0) is 19.9. The zero-order valence-electron chi connectivity index (χ0n) is 15.5. The molecular formula is C22H19ClN2O2S. The number of aryl methyl sites for hydroxylation is 2. The molecule has 0 aliphatic heterocycles. The second-order valence-corrected chi connectivity index (χ2v) is 9.04. The normalized spacial score (nSPS) is 11.7. The fraction of sp³-hybridized carbons (Fsp3) is 0.0909. The van der Waals surface area contributed by atoms with Gasteiger partial charge >= 0.3 is 0 Å². The SMILES string of the molecule is Cc1cc(C)cc(S(=O)(=O)Nc2ccc(-c3cc4cc(Cl)ccc4[nH]3)cc2)c1. The lowest BCUT2D eigenvalue weighted by Crippen LogP contribution is -2.13. The van der Waals surface area contributed by atoms with Crippen molar-refractivity contribution < 1.29 is 8.42 Å². The number of anilines is 1. The second kappa shape index (κ2) is 7.00. The second-order valence-electron chi connectivity index (χ2n) is 6.92. The van der Waals surface area contributed by atoms with Gasteiger partial charge in [-0.15, -0.1) is 0 Å². The number of aromatic nitrogens is 1. The molecule has 28 heavy (non-hydrogen) atoms. The van der Waals surface area contributed by atoms with Crippen LogP contribution in [0.1, 0.15) is 11.1 Å². The summed E-state index contributed by atoms with van der Waals surface area (Å²) >= 11 is 6.05. The van der Waals surface area contributed by atoms with Crippen LogP contribution in [0.25, 0.3) is 22.2 Å². The third-order valence-electron chi connectivity index (χ3n) is 4.54. The van der Waals surface area contributed by atoms with Crippen LogP contribution in [0, 0.1) is 13.8 Å². The molecule has 4 aromatic rings. The van der Waals surface area contributed by atoms with Crippen molar-refractivity contribution in [3.63, 3.8) is 0 Å². The summed E-state index contributed by atoms with van der Waals surface area (Å²) in [5.41, 5.74) is 5.24. The molecule has 1 aromatic heterocycles. The van der Waals surface area contributed by atoms with Crippen LogP contribution >= 0.6 is 11.6 Å². The maximum atomic E-state index is 12.7. The topological polar surface area (TPSA) is 62.0 Å². The number of rotatable bonds is 4. The van der Waals surface area contributed by atoms with Crippen molar-refractivity contribution in [1.29, 1.82) is 0 Å². The lowest BCUT2D eigenvalue weighted by Gasteiger charge is -2.10. The summed E-state index contributed by atoms with van der Waals surface area (Å²) in [4.78, 5) is 3.61. The summed E-state index contributed by atoms with van der Waals surface area (Å²) in [7, 11) is -3.63. The minimum Gasteiger partial charge on any atom is -0.355 e. The van der Waals surface area contributed by atoms with Gasteiger partial charge in [0.2, 0.25) is 0 Å². The van der Waals surface area contributed by atoms with Crippen LogP contribution in [0.3, 0.4) is 0 Å². The average molecular weight is 411 g/mol. The van der Waals surface area contributed by atoms with Gasteiger partial charge in [-0.1, -0.05) is 29.8 Å². The summed E-state index contributed by atoms with van der Waals surface area (Å²) in [5.74, 6) is 0. The van der Waals surface area contributed by atoms with E-state index in [2.05, 4.69) is 9.71 Å². The van der Waals surface area contributed by atoms with E-state index in [-0.39, 0.29) is 4.90 Å². The van der Waals surface area contributed by atoms with Crippen molar-refractivity contribution in [2.45, 2.75) is 18.7 Å². The monoisotopic (exact) mass is 410 g/mol. The van der Waals surface area contributed by atoms with E-state index in [1.54, 1.807) is 24.3 Å². The number of halogens is 1. The van der Waals surface area contributed by atoms with Gasteiger partial charge in [-0.3, -0.25) is 4.72 Å². The molecule has 0 saturated heterocycles. The molecule has 0 amide bonds. The van der Waals surface area contributed by atoms with Gasteiger partial charge in [-0.25, -0.2) is 8.42 Å². The average Bonchev–Trinajstić information content (AvgIpc) is 3.04. The number of sulfonamides is 1. The molecule has 0 fully saturated rings. The predicted octanol–water partition coefficient (Wildman–Crippen LogP) is 5.91. The Morgan fingerprint density at radius 3 is 2.21 bits per heavy atom. The summed E-state index contributed by atoms with van der Waals surface area (Å²) in [6, 6.07) is 20.3. The fourth-order valence-electron chi connectivity index (χ4n) is 3.28.